The molecule has 0 heterocycles. The lowest BCUT2D eigenvalue weighted by molar-refractivity contribution is -0.142. The minimum Gasteiger partial charge on any atom is -0.497 e. The quantitative estimate of drug-likeness (QED) is 0.696. The maximum absolute atomic E-state index is 12.9. The third kappa shape index (κ3) is 5.63. The fraction of sp³-hybridized carbons (Fsp3) is 0.333. The zero-order valence-corrected chi connectivity index (χ0v) is 17.0. The molecule has 0 unspecified atom stereocenters. The van der Waals surface area contributed by atoms with Crippen LogP contribution in [0.3, 0.4) is 0 Å². The van der Waals surface area contributed by atoms with Gasteiger partial charge in [0.1, 0.15) is 17.5 Å². The molecule has 0 aliphatic rings. The Balaban J connectivity index is 2.19. The van der Waals surface area contributed by atoms with Gasteiger partial charge >= 0.3 is 0 Å². The Bertz CT molecular complexity index is 795. The highest BCUT2D eigenvalue weighted by Crippen LogP contribution is 2.23. The molecule has 0 aliphatic heterocycles. The molecular formula is C21H25ClN2O4. The number of nitrogens with one attached hydrogen (secondary N) is 1. The van der Waals surface area contributed by atoms with E-state index in [2.05, 4.69) is 5.32 Å². The highest BCUT2D eigenvalue weighted by atomic mass is 35.5. The number of likely N-dealkylation sites (N-methyl/N-ethyl adjacent to an activating group) is 1. The van der Waals surface area contributed by atoms with E-state index in [4.69, 9.17) is 21.1 Å². The van der Waals surface area contributed by atoms with Crippen molar-refractivity contribution >= 4 is 23.4 Å². The molecule has 0 fully saturated rings. The Hall–Kier alpha value is -2.73. The summed E-state index contributed by atoms with van der Waals surface area (Å²) >= 11 is 6.08. The number of ether oxygens (including phenoxy) is 2. The summed E-state index contributed by atoms with van der Waals surface area (Å²) < 4.78 is 10.8. The van der Waals surface area contributed by atoms with Gasteiger partial charge in [0.25, 0.3) is 5.91 Å². The van der Waals surface area contributed by atoms with E-state index >= 15 is 0 Å². The summed E-state index contributed by atoms with van der Waals surface area (Å²) in [7, 11) is 3.15. The molecule has 0 spiro atoms. The summed E-state index contributed by atoms with van der Waals surface area (Å²) in [6.45, 7) is 1.93. The molecule has 2 aromatic carbocycles. The van der Waals surface area contributed by atoms with Gasteiger partial charge < -0.3 is 19.7 Å². The largest absolute Gasteiger partial charge is 0.497 e. The molecule has 2 amide bonds. The monoisotopic (exact) mass is 404 g/mol. The van der Waals surface area contributed by atoms with Crippen LogP contribution in [0.2, 0.25) is 5.02 Å². The van der Waals surface area contributed by atoms with Crippen molar-refractivity contribution in [3.05, 3.63) is 59.1 Å². The molecule has 1 atom stereocenters. The Kier molecular flexibility index (Phi) is 8.14. The fourth-order valence-electron chi connectivity index (χ4n) is 2.80. The molecule has 6 nitrogen and oxygen atoms in total. The Morgan fingerprint density at radius 1 is 1.14 bits per heavy atom. The molecule has 0 bridgehead atoms. The predicted molar refractivity (Wildman–Crippen MR) is 109 cm³/mol. The van der Waals surface area contributed by atoms with Crippen molar-refractivity contribution in [1.29, 1.82) is 0 Å². The topological polar surface area (TPSA) is 67.9 Å². The summed E-state index contributed by atoms with van der Waals surface area (Å²) in [5.74, 6) is 0.630. The highest BCUT2D eigenvalue weighted by Gasteiger charge is 2.28. The van der Waals surface area contributed by atoms with Gasteiger partial charge in [0.05, 0.1) is 12.1 Å². The minimum atomic E-state index is -0.602. The van der Waals surface area contributed by atoms with Crippen LogP contribution >= 0.6 is 11.6 Å². The normalized spacial score (nSPS) is 11.4. The zero-order valence-electron chi connectivity index (χ0n) is 16.3. The van der Waals surface area contributed by atoms with Gasteiger partial charge in [-0.15, -0.1) is 0 Å². The van der Waals surface area contributed by atoms with Crippen LogP contribution in [0.5, 0.6) is 11.5 Å². The van der Waals surface area contributed by atoms with Gasteiger partial charge in [-0.2, -0.15) is 0 Å². The van der Waals surface area contributed by atoms with Crippen molar-refractivity contribution in [2.75, 3.05) is 20.8 Å². The maximum Gasteiger partial charge on any atom is 0.261 e. The van der Waals surface area contributed by atoms with Gasteiger partial charge in [-0.25, -0.2) is 0 Å². The van der Waals surface area contributed by atoms with Crippen LogP contribution in [0.4, 0.5) is 0 Å². The fourth-order valence-corrected chi connectivity index (χ4v) is 2.99. The summed E-state index contributed by atoms with van der Waals surface area (Å²) in [5.41, 5.74) is 0.884. The lowest BCUT2D eigenvalue weighted by Gasteiger charge is -2.30. The first-order valence-electron chi connectivity index (χ1n) is 9.01. The Labute approximate surface area is 170 Å². The van der Waals surface area contributed by atoms with E-state index in [-0.39, 0.29) is 25.0 Å². The van der Waals surface area contributed by atoms with Crippen LogP contribution in [0.15, 0.2) is 48.5 Å². The van der Waals surface area contributed by atoms with Crippen LogP contribution in [0.25, 0.3) is 0 Å². The predicted octanol–water partition coefficient (Wildman–Crippen LogP) is 3.28. The van der Waals surface area contributed by atoms with Crippen molar-refractivity contribution in [2.24, 2.45) is 0 Å². The molecule has 2 rings (SSSR count). The summed E-state index contributed by atoms with van der Waals surface area (Å²) in [5, 5.41) is 3.05. The van der Waals surface area contributed by atoms with E-state index in [9.17, 15) is 9.59 Å². The van der Waals surface area contributed by atoms with Crippen LogP contribution in [0.1, 0.15) is 18.9 Å². The first-order chi connectivity index (χ1) is 13.5. The third-order valence-electron chi connectivity index (χ3n) is 4.33. The number of rotatable bonds is 9. The molecular weight excluding hydrogens is 380 g/mol. The van der Waals surface area contributed by atoms with Crippen molar-refractivity contribution in [1.82, 2.24) is 10.2 Å². The van der Waals surface area contributed by atoms with Crippen molar-refractivity contribution in [3.8, 4) is 11.5 Å². The van der Waals surface area contributed by atoms with Crippen molar-refractivity contribution < 1.29 is 19.1 Å². The van der Waals surface area contributed by atoms with Gasteiger partial charge in [-0.3, -0.25) is 9.59 Å². The molecule has 28 heavy (non-hydrogen) atoms. The average Bonchev–Trinajstić information content (AvgIpc) is 2.73. The molecule has 2 aromatic rings. The maximum atomic E-state index is 12.9. The highest BCUT2D eigenvalue weighted by molar-refractivity contribution is 6.32. The SMILES string of the molecule is CC[C@@H](C(=O)NC)N(Cc1ccc(OC)cc1)C(=O)COc1ccccc1Cl. The standard InChI is InChI=1S/C21H25ClN2O4/c1-4-18(21(26)23-2)24(13-15-9-11-16(27-3)12-10-15)20(25)14-28-19-8-6-5-7-17(19)22/h5-12,18H,4,13-14H2,1-3H3,(H,23,26)/t18-/m0/s1. The van der Waals surface area contributed by atoms with Gasteiger partial charge in [-0.1, -0.05) is 42.8 Å². The molecule has 0 aromatic heterocycles. The Morgan fingerprint density at radius 2 is 1.82 bits per heavy atom. The van der Waals surface area contributed by atoms with Crippen molar-refractivity contribution in [2.45, 2.75) is 25.9 Å². The average molecular weight is 405 g/mol. The zero-order chi connectivity index (χ0) is 20.5. The number of amides is 2. The summed E-state index contributed by atoms with van der Waals surface area (Å²) in [4.78, 5) is 26.8. The number of halogens is 1. The number of benzene rings is 2. The Morgan fingerprint density at radius 3 is 2.39 bits per heavy atom. The van der Waals surface area contributed by atoms with Gasteiger partial charge in [0, 0.05) is 13.6 Å². The van der Waals surface area contributed by atoms with E-state index in [1.54, 1.807) is 38.4 Å². The molecule has 1 N–H and O–H groups in total. The number of para-hydroxylation sites is 1. The number of carbonyl (C=O) groups is 2. The van der Waals surface area contributed by atoms with E-state index in [0.29, 0.717) is 17.2 Å². The number of carbonyl (C=O) groups excluding carboxylic acids is 2. The molecule has 0 saturated carbocycles. The summed E-state index contributed by atoms with van der Waals surface area (Å²) in [6.07, 6.45) is 0.480. The van der Waals surface area contributed by atoms with Crippen molar-refractivity contribution in [3.63, 3.8) is 0 Å². The second-order valence-electron chi connectivity index (χ2n) is 6.13. The number of hydrogen-bond donors (Lipinski definition) is 1. The first kappa shape index (κ1) is 21.6. The van der Waals surface area contributed by atoms with Gasteiger partial charge in [-0.05, 0) is 36.2 Å². The minimum absolute atomic E-state index is 0.215. The van der Waals surface area contributed by atoms with Crippen LogP contribution in [0, 0.1) is 0 Å². The molecule has 0 radical (unpaired) electrons. The first-order valence-corrected chi connectivity index (χ1v) is 9.39. The van der Waals surface area contributed by atoms with E-state index in [1.807, 2.05) is 31.2 Å². The van der Waals surface area contributed by atoms with Crippen LogP contribution in [-0.4, -0.2) is 43.5 Å². The van der Waals surface area contributed by atoms with E-state index in [1.165, 1.54) is 4.90 Å². The number of hydrogen-bond acceptors (Lipinski definition) is 4. The second-order valence-corrected chi connectivity index (χ2v) is 6.53. The number of methoxy groups -OCH3 is 1. The van der Waals surface area contributed by atoms with Crippen LogP contribution < -0.4 is 14.8 Å². The third-order valence-corrected chi connectivity index (χ3v) is 4.64. The summed E-state index contributed by atoms with van der Waals surface area (Å²) in [6, 6.07) is 13.7. The lowest BCUT2D eigenvalue weighted by atomic mass is 10.1. The van der Waals surface area contributed by atoms with E-state index in [0.717, 1.165) is 11.3 Å². The second kappa shape index (κ2) is 10.6. The van der Waals surface area contributed by atoms with Gasteiger partial charge in [0.15, 0.2) is 6.61 Å². The lowest BCUT2D eigenvalue weighted by Crippen LogP contribution is -2.49. The van der Waals surface area contributed by atoms with Gasteiger partial charge in [0.2, 0.25) is 5.91 Å². The molecule has 0 aliphatic carbocycles. The van der Waals surface area contributed by atoms with Crippen LogP contribution in [-0.2, 0) is 16.1 Å². The molecule has 150 valence electrons. The molecule has 0 saturated heterocycles. The smallest absolute Gasteiger partial charge is 0.261 e. The van der Waals surface area contributed by atoms with E-state index < -0.39 is 6.04 Å². The molecule has 7 heteroatoms. The number of nitrogens with zero attached hydrogens (tertiary/aromatic N) is 1.